The number of hydrogen-bond acceptors (Lipinski definition) is 1. The Morgan fingerprint density at radius 1 is 1.25 bits per heavy atom. The second kappa shape index (κ2) is 4.96. The van der Waals surface area contributed by atoms with Gasteiger partial charge in [-0.15, -0.1) is 0 Å². The molecule has 0 atom stereocenters. The zero-order valence-corrected chi connectivity index (χ0v) is 7.65. The maximum absolute atomic E-state index is 12.8. The summed E-state index contributed by atoms with van der Waals surface area (Å²) in [4.78, 5) is 11.0. The van der Waals surface area contributed by atoms with Crippen LogP contribution in [0.15, 0.2) is 18.2 Å². The number of halogens is 4. The van der Waals surface area contributed by atoms with Crippen LogP contribution in [0.4, 0.5) is 17.6 Å². The molecule has 1 N–H and O–H groups in total. The van der Waals surface area contributed by atoms with Gasteiger partial charge in [0.1, 0.15) is 5.82 Å². The normalized spacial score (nSPS) is 10.6. The molecule has 0 unspecified atom stereocenters. The molecule has 0 bridgehead atoms. The lowest BCUT2D eigenvalue weighted by molar-refractivity contribution is -0.137. The summed E-state index contributed by atoms with van der Waals surface area (Å²) in [6.07, 6.45) is -4.66. The fourth-order valence-electron chi connectivity index (χ4n) is 1.03. The van der Waals surface area contributed by atoms with Gasteiger partial charge in [-0.1, -0.05) is 7.43 Å². The van der Waals surface area contributed by atoms with Crippen LogP contribution < -0.4 is 5.32 Å². The number of rotatable bonds is 1. The smallest absolute Gasteiger partial charge is 0.355 e. The zero-order chi connectivity index (χ0) is 11.6. The van der Waals surface area contributed by atoms with Crippen LogP contribution in [0.25, 0.3) is 0 Å². The van der Waals surface area contributed by atoms with E-state index in [1.165, 1.54) is 7.05 Å². The number of benzene rings is 1. The van der Waals surface area contributed by atoms with Crippen molar-refractivity contribution in [2.75, 3.05) is 7.05 Å². The van der Waals surface area contributed by atoms with Gasteiger partial charge in [-0.2, -0.15) is 13.2 Å². The zero-order valence-electron chi connectivity index (χ0n) is 7.65. The maximum atomic E-state index is 12.8. The Labute approximate surface area is 90.3 Å². The van der Waals surface area contributed by atoms with Gasteiger partial charge in [-0.3, -0.25) is 4.79 Å². The van der Waals surface area contributed by atoms with E-state index in [4.69, 9.17) is 0 Å². The first-order valence-electron chi connectivity index (χ1n) is 3.94. The van der Waals surface area contributed by atoms with Gasteiger partial charge >= 0.3 is 6.18 Å². The van der Waals surface area contributed by atoms with Gasteiger partial charge in [-0.25, -0.2) is 4.39 Å². The number of hydrogen-bond donors (Lipinski definition) is 1. The first kappa shape index (κ1) is 14.4. The van der Waals surface area contributed by atoms with E-state index >= 15 is 0 Å². The third-order valence-corrected chi connectivity index (χ3v) is 1.71. The van der Waals surface area contributed by atoms with Crippen LogP contribution in [0.5, 0.6) is 0 Å². The summed E-state index contributed by atoms with van der Waals surface area (Å²) in [6, 6.07) is 1.68. The minimum atomic E-state index is -4.66. The van der Waals surface area contributed by atoms with Crippen molar-refractivity contribution in [3.8, 4) is 0 Å². The molecule has 1 amide bonds. The molecule has 0 aliphatic rings. The first-order valence-corrected chi connectivity index (χ1v) is 3.94. The summed E-state index contributed by atoms with van der Waals surface area (Å²) in [5.41, 5.74) is -1.54. The predicted molar refractivity (Wildman–Crippen MR) is 51.5 cm³/mol. The lowest BCUT2D eigenvalue weighted by Gasteiger charge is -2.08. The summed E-state index contributed by atoms with van der Waals surface area (Å²) >= 11 is 0. The molecule has 6 heteroatoms. The number of alkyl halides is 3. The van der Waals surface area contributed by atoms with Gasteiger partial charge in [0, 0.05) is 12.6 Å². The SMILES string of the molecule is C.CNC(=O)c1cc(F)cc(C(F)(F)F)c1. The summed E-state index contributed by atoms with van der Waals surface area (Å²) in [5, 5.41) is 2.11. The standard InChI is InChI=1S/C9H7F4NO.CH4/c1-14-8(15)5-2-6(9(11,12)13)4-7(10)3-5;/h2-4H,1H3,(H,14,15);1H4. The number of nitrogens with one attached hydrogen (secondary N) is 1. The van der Waals surface area contributed by atoms with Crippen LogP contribution in [0.3, 0.4) is 0 Å². The predicted octanol–water partition coefficient (Wildman–Crippen LogP) is 2.84. The van der Waals surface area contributed by atoms with E-state index in [0.29, 0.717) is 12.1 Å². The Hall–Kier alpha value is -1.59. The van der Waals surface area contributed by atoms with Crippen LogP contribution in [0.2, 0.25) is 0 Å². The van der Waals surface area contributed by atoms with Crippen LogP contribution >= 0.6 is 0 Å². The number of carbonyl (C=O) groups excluding carboxylic acids is 1. The fourth-order valence-corrected chi connectivity index (χ4v) is 1.03. The maximum Gasteiger partial charge on any atom is 0.416 e. The molecule has 0 fully saturated rings. The van der Waals surface area contributed by atoms with E-state index in [-0.39, 0.29) is 13.0 Å². The molecule has 0 aliphatic carbocycles. The molecule has 0 radical (unpaired) electrons. The molecule has 1 aromatic rings. The van der Waals surface area contributed by atoms with Crippen LogP contribution in [-0.4, -0.2) is 13.0 Å². The van der Waals surface area contributed by atoms with Crippen molar-refractivity contribution >= 4 is 5.91 Å². The van der Waals surface area contributed by atoms with Crippen molar-refractivity contribution < 1.29 is 22.4 Å². The number of amides is 1. The highest BCUT2D eigenvalue weighted by molar-refractivity contribution is 5.94. The quantitative estimate of drug-likeness (QED) is 0.747. The molecule has 0 aliphatic heterocycles. The third-order valence-electron chi connectivity index (χ3n) is 1.71. The minimum absolute atomic E-state index is 0. The minimum Gasteiger partial charge on any atom is -0.355 e. The Balaban J connectivity index is 0.00000225. The largest absolute Gasteiger partial charge is 0.416 e. The van der Waals surface area contributed by atoms with E-state index in [1.807, 2.05) is 0 Å². The second-order valence-corrected chi connectivity index (χ2v) is 2.81. The van der Waals surface area contributed by atoms with Crippen molar-refractivity contribution in [1.82, 2.24) is 5.32 Å². The number of carbonyl (C=O) groups is 1. The Bertz CT molecular complexity index is 387. The van der Waals surface area contributed by atoms with Crippen LogP contribution in [0, 0.1) is 5.82 Å². The van der Waals surface area contributed by atoms with E-state index in [2.05, 4.69) is 5.32 Å². The summed E-state index contributed by atoms with van der Waals surface area (Å²) in [6.45, 7) is 0. The van der Waals surface area contributed by atoms with E-state index in [9.17, 15) is 22.4 Å². The Morgan fingerprint density at radius 3 is 2.25 bits per heavy atom. The molecule has 90 valence electrons. The summed E-state index contributed by atoms with van der Waals surface area (Å²) in [5.74, 6) is -1.86. The molecule has 0 saturated carbocycles. The molecular formula is C10H11F4NO. The average molecular weight is 237 g/mol. The summed E-state index contributed by atoms with van der Waals surface area (Å²) in [7, 11) is 1.25. The molecule has 2 nitrogen and oxygen atoms in total. The fraction of sp³-hybridized carbons (Fsp3) is 0.300. The topological polar surface area (TPSA) is 29.1 Å². The average Bonchev–Trinajstić information content (AvgIpc) is 2.14. The van der Waals surface area contributed by atoms with Crippen molar-refractivity contribution in [3.63, 3.8) is 0 Å². The van der Waals surface area contributed by atoms with Gasteiger partial charge in [0.2, 0.25) is 0 Å². The third kappa shape index (κ3) is 3.22. The van der Waals surface area contributed by atoms with Gasteiger partial charge in [0.05, 0.1) is 5.56 Å². The highest BCUT2D eigenvalue weighted by atomic mass is 19.4. The van der Waals surface area contributed by atoms with Gasteiger partial charge in [0.15, 0.2) is 0 Å². The molecule has 1 aromatic carbocycles. The first-order chi connectivity index (χ1) is 6.84. The van der Waals surface area contributed by atoms with Gasteiger partial charge in [-0.05, 0) is 18.2 Å². The van der Waals surface area contributed by atoms with E-state index in [0.717, 1.165) is 6.07 Å². The molecular weight excluding hydrogens is 226 g/mol. The lowest BCUT2D eigenvalue weighted by Crippen LogP contribution is -2.19. The molecule has 1 rings (SSSR count). The Morgan fingerprint density at radius 2 is 1.81 bits per heavy atom. The van der Waals surface area contributed by atoms with E-state index in [1.54, 1.807) is 0 Å². The molecule has 0 saturated heterocycles. The second-order valence-electron chi connectivity index (χ2n) is 2.81. The van der Waals surface area contributed by atoms with Gasteiger partial charge < -0.3 is 5.32 Å². The van der Waals surface area contributed by atoms with E-state index < -0.39 is 23.5 Å². The monoisotopic (exact) mass is 237 g/mol. The molecule has 0 aromatic heterocycles. The lowest BCUT2D eigenvalue weighted by atomic mass is 10.1. The molecule has 0 heterocycles. The summed E-state index contributed by atoms with van der Waals surface area (Å²) < 4.78 is 49.4. The van der Waals surface area contributed by atoms with Crippen LogP contribution in [0.1, 0.15) is 23.3 Å². The van der Waals surface area contributed by atoms with Crippen molar-refractivity contribution in [2.45, 2.75) is 13.6 Å². The van der Waals surface area contributed by atoms with Crippen LogP contribution in [-0.2, 0) is 6.18 Å². The van der Waals surface area contributed by atoms with Crippen molar-refractivity contribution in [2.24, 2.45) is 0 Å². The van der Waals surface area contributed by atoms with Gasteiger partial charge in [0.25, 0.3) is 5.91 Å². The van der Waals surface area contributed by atoms with Crippen molar-refractivity contribution in [1.29, 1.82) is 0 Å². The highest BCUT2D eigenvalue weighted by Gasteiger charge is 2.31. The highest BCUT2D eigenvalue weighted by Crippen LogP contribution is 2.30. The molecule has 16 heavy (non-hydrogen) atoms. The van der Waals surface area contributed by atoms with Crippen molar-refractivity contribution in [3.05, 3.63) is 35.1 Å². The Kier molecular flexibility index (Phi) is 4.47. The molecule has 0 spiro atoms.